The van der Waals surface area contributed by atoms with Gasteiger partial charge in [0, 0.05) is 11.5 Å². The van der Waals surface area contributed by atoms with Gasteiger partial charge in [0.25, 0.3) is 5.91 Å². The zero-order valence-corrected chi connectivity index (χ0v) is 10.9. The van der Waals surface area contributed by atoms with Gasteiger partial charge >= 0.3 is 0 Å². The Bertz CT molecular complexity index is 513. The molecule has 0 saturated carbocycles. The summed E-state index contributed by atoms with van der Waals surface area (Å²) >= 11 is 2.95. The smallest absolute Gasteiger partial charge is 0.251 e. The molecule has 1 aromatic rings. The maximum absolute atomic E-state index is 13.5. The third-order valence-corrected chi connectivity index (χ3v) is 3.16. The average Bonchev–Trinajstić information content (AvgIpc) is 2.51. The van der Waals surface area contributed by atoms with E-state index in [1.165, 1.54) is 7.05 Å². The largest absolute Gasteiger partial charge is 0.368 e. The van der Waals surface area contributed by atoms with Crippen LogP contribution in [0.2, 0.25) is 0 Å². The maximum Gasteiger partial charge on any atom is 0.251 e. The molecule has 1 heterocycles. The van der Waals surface area contributed by atoms with Crippen LogP contribution in [0.3, 0.4) is 0 Å². The quantitative estimate of drug-likeness (QED) is 0.847. The predicted octanol–water partition coefficient (Wildman–Crippen LogP) is 1.90. The Morgan fingerprint density at radius 2 is 1.89 bits per heavy atom. The average molecular weight is 319 g/mol. The molecule has 0 aromatic heterocycles. The summed E-state index contributed by atoms with van der Waals surface area (Å²) in [7, 11) is 1.33. The van der Waals surface area contributed by atoms with Gasteiger partial charge in [-0.15, -0.1) is 0 Å². The Kier molecular flexibility index (Phi) is 3.34. The number of carbonyl (C=O) groups excluding carboxylic acids is 2. The van der Waals surface area contributed by atoms with Crippen LogP contribution in [0, 0.1) is 11.6 Å². The number of nitrogens with one attached hydrogen (secondary N) is 1. The van der Waals surface area contributed by atoms with Gasteiger partial charge in [-0.25, -0.2) is 8.78 Å². The fourth-order valence-corrected chi connectivity index (χ4v) is 2.12. The molecule has 1 aromatic carbocycles. The Morgan fingerprint density at radius 3 is 2.33 bits per heavy atom. The van der Waals surface area contributed by atoms with E-state index in [9.17, 15) is 18.4 Å². The van der Waals surface area contributed by atoms with Crippen LogP contribution in [0.1, 0.15) is 6.42 Å². The van der Waals surface area contributed by atoms with Crippen LogP contribution in [-0.2, 0) is 9.59 Å². The zero-order chi connectivity index (χ0) is 13.4. The van der Waals surface area contributed by atoms with Crippen molar-refractivity contribution in [2.45, 2.75) is 12.5 Å². The molecule has 4 nitrogen and oxygen atoms in total. The van der Waals surface area contributed by atoms with Gasteiger partial charge in [0.2, 0.25) is 5.91 Å². The van der Waals surface area contributed by atoms with Crippen molar-refractivity contribution >= 4 is 33.4 Å². The summed E-state index contributed by atoms with van der Waals surface area (Å²) in [4.78, 5) is 23.8. The Balaban J connectivity index is 2.26. The molecule has 2 rings (SSSR count). The topological polar surface area (TPSA) is 49.4 Å². The molecule has 0 bridgehead atoms. The lowest BCUT2D eigenvalue weighted by Crippen LogP contribution is -2.32. The lowest BCUT2D eigenvalue weighted by Gasteiger charge is -2.14. The van der Waals surface area contributed by atoms with Crippen molar-refractivity contribution in [1.29, 1.82) is 0 Å². The van der Waals surface area contributed by atoms with E-state index in [4.69, 9.17) is 0 Å². The fourth-order valence-electron chi connectivity index (χ4n) is 1.72. The third-order valence-electron chi connectivity index (χ3n) is 2.71. The van der Waals surface area contributed by atoms with Crippen LogP contribution in [0.5, 0.6) is 0 Å². The van der Waals surface area contributed by atoms with E-state index >= 15 is 0 Å². The van der Waals surface area contributed by atoms with Crippen LogP contribution in [0.4, 0.5) is 14.5 Å². The molecule has 18 heavy (non-hydrogen) atoms. The van der Waals surface area contributed by atoms with Gasteiger partial charge in [-0.1, -0.05) is 15.9 Å². The molecule has 1 saturated heterocycles. The molecule has 0 aliphatic carbocycles. The van der Waals surface area contributed by atoms with Crippen LogP contribution in [-0.4, -0.2) is 29.8 Å². The molecule has 0 spiro atoms. The number of hydrogen-bond donors (Lipinski definition) is 1. The Hall–Kier alpha value is -1.50. The van der Waals surface area contributed by atoms with E-state index in [1.54, 1.807) is 0 Å². The summed E-state index contributed by atoms with van der Waals surface area (Å²) < 4.78 is 27.3. The highest BCUT2D eigenvalue weighted by atomic mass is 79.9. The second-order valence-electron chi connectivity index (χ2n) is 3.94. The standard InChI is InChI=1S/C11H9BrF2N2O2/c1-16-9(17)4-8(11(16)18)15-10-6(13)2-5(12)3-7(10)14/h2-3,8,15H,4H2,1H3. The highest BCUT2D eigenvalue weighted by Crippen LogP contribution is 2.26. The first-order valence-electron chi connectivity index (χ1n) is 5.11. The second kappa shape index (κ2) is 4.64. The number of likely N-dealkylation sites (tertiary alicyclic amines) is 1. The van der Waals surface area contributed by atoms with Crippen molar-refractivity contribution < 1.29 is 18.4 Å². The van der Waals surface area contributed by atoms with Crippen molar-refractivity contribution in [1.82, 2.24) is 4.90 Å². The van der Waals surface area contributed by atoms with E-state index in [2.05, 4.69) is 21.2 Å². The first-order valence-corrected chi connectivity index (χ1v) is 5.91. The minimum absolute atomic E-state index is 0.107. The van der Waals surface area contributed by atoms with E-state index < -0.39 is 29.3 Å². The molecular weight excluding hydrogens is 310 g/mol. The number of imide groups is 1. The number of rotatable bonds is 2. The minimum Gasteiger partial charge on any atom is -0.368 e. The number of benzene rings is 1. The summed E-state index contributed by atoms with van der Waals surface area (Å²) in [5, 5.41) is 2.43. The van der Waals surface area contributed by atoms with Gasteiger partial charge in [-0.2, -0.15) is 0 Å². The molecule has 7 heteroatoms. The van der Waals surface area contributed by atoms with Gasteiger partial charge in [0.1, 0.15) is 23.4 Å². The van der Waals surface area contributed by atoms with Gasteiger partial charge in [-0.3, -0.25) is 14.5 Å². The summed E-state index contributed by atoms with van der Waals surface area (Å²) in [5.74, 6) is -2.52. The number of anilines is 1. The molecule has 1 fully saturated rings. The highest BCUT2D eigenvalue weighted by molar-refractivity contribution is 9.10. The van der Waals surface area contributed by atoms with E-state index in [0.29, 0.717) is 0 Å². The van der Waals surface area contributed by atoms with Crippen LogP contribution < -0.4 is 5.32 Å². The lowest BCUT2D eigenvalue weighted by molar-refractivity contribution is -0.136. The molecular formula is C11H9BrF2N2O2. The molecule has 2 amide bonds. The fraction of sp³-hybridized carbons (Fsp3) is 0.273. The molecule has 1 atom stereocenters. The lowest BCUT2D eigenvalue weighted by atomic mass is 10.2. The first-order chi connectivity index (χ1) is 8.40. The van der Waals surface area contributed by atoms with Gasteiger partial charge in [0.05, 0.1) is 6.42 Å². The third kappa shape index (κ3) is 2.22. The molecule has 1 unspecified atom stereocenters. The maximum atomic E-state index is 13.5. The first kappa shape index (κ1) is 12.9. The molecule has 1 aliphatic rings. The molecule has 96 valence electrons. The van der Waals surface area contributed by atoms with Gasteiger partial charge < -0.3 is 5.32 Å². The van der Waals surface area contributed by atoms with E-state index in [-0.39, 0.29) is 16.8 Å². The van der Waals surface area contributed by atoms with Crippen LogP contribution in [0.25, 0.3) is 0 Å². The molecule has 1 N–H and O–H groups in total. The summed E-state index contributed by atoms with van der Waals surface area (Å²) in [6, 6.07) is 1.24. The van der Waals surface area contributed by atoms with Crippen LogP contribution in [0.15, 0.2) is 16.6 Å². The van der Waals surface area contributed by atoms with E-state index in [1.807, 2.05) is 0 Å². The normalized spacial score (nSPS) is 19.6. The number of carbonyl (C=O) groups is 2. The predicted molar refractivity (Wildman–Crippen MR) is 63.9 cm³/mol. The molecule has 0 radical (unpaired) electrons. The van der Waals surface area contributed by atoms with E-state index in [0.717, 1.165) is 17.0 Å². The summed E-state index contributed by atoms with van der Waals surface area (Å²) in [5.41, 5.74) is -0.403. The van der Waals surface area contributed by atoms with Crippen molar-refractivity contribution in [3.05, 3.63) is 28.2 Å². The Morgan fingerprint density at radius 1 is 1.33 bits per heavy atom. The zero-order valence-electron chi connectivity index (χ0n) is 9.34. The second-order valence-corrected chi connectivity index (χ2v) is 4.85. The minimum atomic E-state index is -0.923. The monoisotopic (exact) mass is 318 g/mol. The van der Waals surface area contributed by atoms with Crippen molar-refractivity contribution in [2.75, 3.05) is 12.4 Å². The number of nitrogens with zero attached hydrogens (tertiary/aromatic N) is 1. The highest BCUT2D eigenvalue weighted by Gasteiger charge is 2.36. The van der Waals surface area contributed by atoms with Gasteiger partial charge in [-0.05, 0) is 12.1 Å². The van der Waals surface area contributed by atoms with Crippen molar-refractivity contribution in [2.24, 2.45) is 0 Å². The number of amides is 2. The SMILES string of the molecule is CN1C(=O)CC(Nc2c(F)cc(Br)cc2F)C1=O. The Labute approximate surface area is 110 Å². The van der Waals surface area contributed by atoms with Crippen molar-refractivity contribution in [3.63, 3.8) is 0 Å². The molecule has 1 aliphatic heterocycles. The number of hydrogen-bond acceptors (Lipinski definition) is 3. The van der Waals surface area contributed by atoms with Crippen molar-refractivity contribution in [3.8, 4) is 0 Å². The summed E-state index contributed by atoms with van der Waals surface area (Å²) in [6.07, 6.45) is -0.107. The van der Waals surface area contributed by atoms with Crippen LogP contribution >= 0.6 is 15.9 Å². The number of likely N-dealkylation sites (N-methyl/N-ethyl adjacent to an activating group) is 1. The van der Waals surface area contributed by atoms with Gasteiger partial charge in [0.15, 0.2) is 0 Å². The summed E-state index contributed by atoms with van der Waals surface area (Å²) in [6.45, 7) is 0. The number of halogens is 3.